The lowest BCUT2D eigenvalue weighted by molar-refractivity contribution is 0.139. The maximum atomic E-state index is 6.04. The summed E-state index contributed by atoms with van der Waals surface area (Å²) in [6.07, 6.45) is 1.62. The van der Waals surface area contributed by atoms with E-state index in [1.165, 1.54) is 5.56 Å². The van der Waals surface area contributed by atoms with Crippen LogP contribution in [0.5, 0.6) is 5.75 Å². The van der Waals surface area contributed by atoms with Crippen LogP contribution in [0.3, 0.4) is 0 Å². The van der Waals surface area contributed by atoms with Crippen molar-refractivity contribution in [2.75, 3.05) is 6.54 Å². The number of para-hydroxylation sites is 1. The largest absolute Gasteiger partial charge is 0.487 e. The van der Waals surface area contributed by atoms with E-state index in [1.54, 1.807) is 0 Å². The van der Waals surface area contributed by atoms with Gasteiger partial charge in [-0.15, -0.1) is 0 Å². The number of nitrogens with two attached hydrogens (primary N) is 1. The Morgan fingerprint density at radius 2 is 2.21 bits per heavy atom. The molecule has 0 radical (unpaired) electrons. The van der Waals surface area contributed by atoms with Gasteiger partial charge in [-0.25, -0.2) is 0 Å². The number of rotatable bonds is 3. The Morgan fingerprint density at radius 3 is 3.00 bits per heavy atom. The normalized spacial score (nSPS) is 16.2. The van der Waals surface area contributed by atoms with E-state index in [4.69, 9.17) is 15.0 Å². The molecule has 3 rings (SSSR count). The molecule has 0 spiro atoms. The fourth-order valence-corrected chi connectivity index (χ4v) is 2.52. The lowest BCUT2D eigenvalue weighted by Crippen LogP contribution is -2.24. The summed E-state index contributed by atoms with van der Waals surface area (Å²) in [5.74, 6) is 1.74. The molecular formula is C15H18N2O2. The Bertz CT molecular complexity index is 602. The van der Waals surface area contributed by atoms with Gasteiger partial charge in [0.15, 0.2) is 0 Å². The van der Waals surface area contributed by atoms with Gasteiger partial charge >= 0.3 is 0 Å². The first-order chi connectivity index (χ1) is 9.09. The molecule has 1 aromatic heterocycles. The van der Waals surface area contributed by atoms with Crippen molar-refractivity contribution >= 4 is 0 Å². The highest BCUT2D eigenvalue weighted by atomic mass is 16.5. The summed E-state index contributed by atoms with van der Waals surface area (Å²) in [6, 6.07) is 8.10. The van der Waals surface area contributed by atoms with Crippen LogP contribution in [0.2, 0.25) is 0 Å². The van der Waals surface area contributed by atoms with Crippen LogP contribution in [0.4, 0.5) is 0 Å². The summed E-state index contributed by atoms with van der Waals surface area (Å²) >= 11 is 0. The molecule has 2 N–H and O–H groups in total. The van der Waals surface area contributed by atoms with Gasteiger partial charge in [0.25, 0.3) is 0 Å². The average Bonchev–Trinajstić information content (AvgIpc) is 2.91. The van der Waals surface area contributed by atoms with Gasteiger partial charge in [-0.1, -0.05) is 17.3 Å². The van der Waals surface area contributed by atoms with Gasteiger partial charge in [-0.05, 0) is 32.0 Å². The SMILES string of the molecule is CC1(C)Cc2cccc(-c3cc(CCN)on3)c2O1. The van der Waals surface area contributed by atoms with Crippen LogP contribution < -0.4 is 10.5 Å². The third-order valence-corrected chi connectivity index (χ3v) is 3.32. The van der Waals surface area contributed by atoms with Crippen molar-refractivity contribution < 1.29 is 9.26 Å². The number of fused-ring (bicyclic) bond motifs is 1. The van der Waals surface area contributed by atoms with Crippen molar-refractivity contribution in [3.8, 4) is 17.0 Å². The Hall–Kier alpha value is -1.81. The van der Waals surface area contributed by atoms with Crippen molar-refractivity contribution in [1.29, 1.82) is 0 Å². The maximum Gasteiger partial charge on any atom is 0.138 e. The van der Waals surface area contributed by atoms with Gasteiger partial charge in [0.1, 0.15) is 22.8 Å². The molecule has 2 aromatic rings. The molecular weight excluding hydrogens is 240 g/mol. The molecule has 100 valence electrons. The first-order valence-corrected chi connectivity index (χ1v) is 6.56. The molecule has 0 unspecified atom stereocenters. The second kappa shape index (κ2) is 4.38. The molecule has 4 nitrogen and oxygen atoms in total. The highest BCUT2D eigenvalue weighted by Gasteiger charge is 2.32. The zero-order chi connectivity index (χ0) is 13.5. The average molecular weight is 258 g/mol. The number of ether oxygens (including phenoxy) is 1. The molecule has 2 heterocycles. The van der Waals surface area contributed by atoms with Crippen molar-refractivity contribution in [3.05, 3.63) is 35.6 Å². The van der Waals surface area contributed by atoms with Crippen molar-refractivity contribution in [2.45, 2.75) is 32.3 Å². The van der Waals surface area contributed by atoms with Gasteiger partial charge in [0.2, 0.25) is 0 Å². The minimum atomic E-state index is -0.151. The van der Waals surface area contributed by atoms with Crippen molar-refractivity contribution in [2.24, 2.45) is 5.73 Å². The van der Waals surface area contributed by atoms with E-state index in [-0.39, 0.29) is 5.60 Å². The molecule has 0 aliphatic carbocycles. The minimum Gasteiger partial charge on any atom is -0.487 e. The molecule has 0 saturated carbocycles. The summed E-state index contributed by atoms with van der Waals surface area (Å²) in [5.41, 5.74) is 8.41. The number of aromatic nitrogens is 1. The first kappa shape index (κ1) is 12.2. The van der Waals surface area contributed by atoms with Crippen LogP contribution >= 0.6 is 0 Å². The fraction of sp³-hybridized carbons (Fsp3) is 0.400. The summed E-state index contributed by atoms with van der Waals surface area (Å²) in [5, 5.41) is 4.12. The lowest BCUT2D eigenvalue weighted by atomic mass is 10.00. The van der Waals surface area contributed by atoms with Gasteiger partial charge in [-0.2, -0.15) is 0 Å². The summed E-state index contributed by atoms with van der Waals surface area (Å²) < 4.78 is 11.3. The van der Waals surface area contributed by atoms with Crippen LogP contribution in [0.15, 0.2) is 28.8 Å². The molecule has 0 bridgehead atoms. The second-order valence-corrected chi connectivity index (χ2v) is 5.55. The topological polar surface area (TPSA) is 61.3 Å². The van der Waals surface area contributed by atoms with Crippen molar-refractivity contribution in [1.82, 2.24) is 5.16 Å². The Balaban J connectivity index is 2.00. The van der Waals surface area contributed by atoms with Gasteiger partial charge < -0.3 is 15.0 Å². The number of hydrogen-bond acceptors (Lipinski definition) is 4. The Morgan fingerprint density at radius 1 is 1.37 bits per heavy atom. The van der Waals surface area contributed by atoms with Gasteiger partial charge in [-0.3, -0.25) is 0 Å². The molecule has 0 atom stereocenters. The summed E-state index contributed by atoms with van der Waals surface area (Å²) in [6.45, 7) is 4.75. The minimum absolute atomic E-state index is 0.151. The van der Waals surface area contributed by atoms with Gasteiger partial charge in [0.05, 0.1) is 0 Å². The van der Waals surface area contributed by atoms with E-state index in [0.717, 1.165) is 29.2 Å². The molecule has 0 fully saturated rings. The zero-order valence-corrected chi connectivity index (χ0v) is 11.3. The zero-order valence-electron chi connectivity index (χ0n) is 11.3. The Labute approximate surface area is 112 Å². The molecule has 1 aliphatic rings. The van der Waals surface area contributed by atoms with Gasteiger partial charge in [0, 0.05) is 24.5 Å². The highest BCUT2D eigenvalue weighted by Crippen LogP contribution is 2.41. The third-order valence-electron chi connectivity index (χ3n) is 3.32. The number of benzene rings is 1. The Kier molecular flexibility index (Phi) is 2.82. The van der Waals surface area contributed by atoms with E-state index in [9.17, 15) is 0 Å². The van der Waals surface area contributed by atoms with Crippen LogP contribution in [0, 0.1) is 0 Å². The number of nitrogens with zero attached hydrogens (tertiary/aromatic N) is 1. The fourth-order valence-electron chi connectivity index (χ4n) is 2.52. The van der Waals surface area contributed by atoms with E-state index in [2.05, 4.69) is 25.1 Å². The van der Waals surface area contributed by atoms with Crippen LogP contribution in [0.1, 0.15) is 25.2 Å². The molecule has 19 heavy (non-hydrogen) atoms. The van der Waals surface area contributed by atoms with E-state index >= 15 is 0 Å². The first-order valence-electron chi connectivity index (χ1n) is 6.56. The highest BCUT2D eigenvalue weighted by molar-refractivity contribution is 5.70. The predicted octanol–water partition coefficient (Wildman–Crippen LogP) is 2.56. The second-order valence-electron chi connectivity index (χ2n) is 5.55. The molecule has 1 aromatic carbocycles. The molecule has 0 amide bonds. The monoisotopic (exact) mass is 258 g/mol. The molecule has 4 heteroatoms. The third kappa shape index (κ3) is 2.24. The maximum absolute atomic E-state index is 6.04. The van der Waals surface area contributed by atoms with E-state index < -0.39 is 0 Å². The molecule has 0 saturated heterocycles. The van der Waals surface area contributed by atoms with E-state index in [0.29, 0.717) is 13.0 Å². The predicted molar refractivity (Wildman–Crippen MR) is 73.1 cm³/mol. The van der Waals surface area contributed by atoms with Crippen LogP contribution in [-0.2, 0) is 12.8 Å². The number of hydrogen-bond donors (Lipinski definition) is 1. The van der Waals surface area contributed by atoms with Crippen LogP contribution in [-0.4, -0.2) is 17.3 Å². The standard InChI is InChI=1S/C15H18N2O2/c1-15(2)9-10-4-3-5-12(14(10)18-15)13-8-11(6-7-16)19-17-13/h3-5,8H,6-7,9,16H2,1-2H3. The van der Waals surface area contributed by atoms with E-state index in [1.807, 2.05) is 18.2 Å². The lowest BCUT2D eigenvalue weighted by Gasteiger charge is -2.17. The smallest absolute Gasteiger partial charge is 0.138 e. The molecule has 1 aliphatic heterocycles. The summed E-state index contributed by atoms with van der Waals surface area (Å²) in [4.78, 5) is 0. The van der Waals surface area contributed by atoms with Crippen LogP contribution in [0.25, 0.3) is 11.3 Å². The quantitative estimate of drug-likeness (QED) is 0.919. The van der Waals surface area contributed by atoms with Crippen molar-refractivity contribution in [3.63, 3.8) is 0 Å². The summed E-state index contributed by atoms with van der Waals surface area (Å²) in [7, 11) is 0.